The first-order valence-corrected chi connectivity index (χ1v) is 4.44. The summed E-state index contributed by atoms with van der Waals surface area (Å²) >= 11 is 0. The number of aliphatic hydroxyl groups excluding tert-OH is 2. The van der Waals surface area contributed by atoms with Crippen molar-refractivity contribution < 1.29 is 14.9 Å². The van der Waals surface area contributed by atoms with Crippen LogP contribution in [0.15, 0.2) is 25.7 Å². The predicted octanol–water partition coefficient (Wildman–Crippen LogP) is 1.57. The van der Waals surface area contributed by atoms with E-state index in [0.29, 0.717) is 0 Å². The number of hydrogen-bond donors (Lipinski definition) is 2. The van der Waals surface area contributed by atoms with Crippen LogP contribution in [0.2, 0.25) is 0 Å². The highest BCUT2D eigenvalue weighted by Crippen LogP contribution is 2.17. The Kier molecular flexibility index (Phi) is 7.35. The summed E-state index contributed by atoms with van der Waals surface area (Å²) in [6.45, 7) is 6.51. The quantitative estimate of drug-likeness (QED) is 0.644. The predicted molar refractivity (Wildman–Crippen MR) is 52.0 cm³/mol. The van der Waals surface area contributed by atoms with Gasteiger partial charge in [0.15, 0.2) is 0 Å². The van der Waals surface area contributed by atoms with Gasteiger partial charge in [0.1, 0.15) is 0 Å². The van der Waals surface area contributed by atoms with E-state index in [1.54, 1.807) is 0 Å². The van der Waals surface area contributed by atoms with E-state index in [0.717, 1.165) is 25.7 Å². The smallest absolute Gasteiger partial charge is 0.0829 e. The van der Waals surface area contributed by atoms with Gasteiger partial charge in [-0.15, -0.1) is 0 Å². The molecule has 13 heavy (non-hydrogen) atoms. The van der Waals surface area contributed by atoms with E-state index in [1.807, 2.05) is 0 Å². The molecule has 0 aromatic heterocycles. The second-order valence-electron chi connectivity index (χ2n) is 2.93. The summed E-state index contributed by atoms with van der Waals surface area (Å²) in [7, 11) is 0. The number of ether oxygens (including phenoxy) is 1. The van der Waals surface area contributed by atoms with Crippen LogP contribution >= 0.6 is 0 Å². The third-order valence-corrected chi connectivity index (χ3v) is 1.86. The highest BCUT2D eigenvalue weighted by Gasteiger charge is 2.15. The van der Waals surface area contributed by atoms with Crippen molar-refractivity contribution in [3.63, 3.8) is 0 Å². The Bertz CT molecular complexity index is 121. The molecule has 0 aliphatic heterocycles. The fourth-order valence-corrected chi connectivity index (χ4v) is 1.13. The van der Waals surface area contributed by atoms with Crippen molar-refractivity contribution >= 4 is 0 Å². The van der Waals surface area contributed by atoms with E-state index in [9.17, 15) is 0 Å². The van der Waals surface area contributed by atoms with Crippen molar-refractivity contribution in [3.8, 4) is 0 Å². The van der Waals surface area contributed by atoms with Crippen molar-refractivity contribution in [2.75, 3.05) is 0 Å². The Balaban J connectivity index is 0.000000252. The fourth-order valence-electron chi connectivity index (χ4n) is 1.13. The van der Waals surface area contributed by atoms with E-state index in [-0.39, 0.29) is 12.2 Å². The molecule has 0 aromatic rings. The highest BCUT2D eigenvalue weighted by atomic mass is 16.5. The molecule has 0 saturated heterocycles. The van der Waals surface area contributed by atoms with Gasteiger partial charge in [-0.25, -0.2) is 0 Å². The molecule has 1 fully saturated rings. The SMILES string of the molecule is C=COC=C.OC1CCC(O)CC1. The fraction of sp³-hybridized carbons (Fsp3) is 0.600. The van der Waals surface area contributed by atoms with Crippen molar-refractivity contribution in [3.05, 3.63) is 25.7 Å². The average Bonchev–Trinajstić information content (AvgIpc) is 2.13. The Morgan fingerprint density at radius 3 is 1.38 bits per heavy atom. The van der Waals surface area contributed by atoms with Crippen LogP contribution in [0, 0.1) is 0 Å². The molecular formula is C10H18O3. The van der Waals surface area contributed by atoms with Crippen LogP contribution in [0.25, 0.3) is 0 Å². The monoisotopic (exact) mass is 186 g/mol. The summed E-state index contributed by atoms with van der Waals surface area (Å²) in [4.78, 5) is 0. The molecule has 0 heterocycles. The van der Waals surface area contributed by atoms with Crippen LogP contribution in [0.3, 0.4) is 0 Å². The highest BCUT2D eigenvalue weighted by molar-refractivity contribution is 4.69. The van der Waals surface area contributed by atoms with E-state index < -0.39 is 0 Å². The van der Waals surface area contributed by atoms with Gasteiger partial charge in [0.05, 0.1) is 24.7 Å². The first kappa shape index (κ1) is 12.2. The summed E-state index contributed by atoms with van der Waals surface area (Å²) in [5.74, 6) is 0. The molecule has 1 aliphatic rings. The Morgan fingerprint density at radius 2 is 1.23 bits per heavy atom. The average molecular weight is 186 g/mol. The second kappa shape index (κ2) is 7.83. The van der Waals surface area contributed by atoms with Crippen molar-refractivity contribution in [1.82, 2.24) is 0 Å². The molecular weight excluding hydrogens is 168 g/mol. The molecule has 1 rings (SSSR count). The molecule has 0 bridgehead atoms. The number of aliphatic hydroxyl groups is 2. The lowest BCUT2D eigenvalue weighted by molar-refractivity contribution is 0.0541. The Labute approximate surface area is 79.3 Å². The summed E-state index contributed by atoms with van der Waals surface area (Å²) in [5.41, 5.74) is 0. The lowest BCUT2D eigenvalue weighted by Gasteiger charge is -2.20. The van der Waals surface area contributed by atoms with Gasteiger partial charge < -0.3 is 14.9 Å². The molecule has 3 nitrogen and oxygen atoms in total. The molecule has 0 aromatic carbocycles. The molecule has 1 saturated carbocycles. The van der Waals surface area contributed by atoms with Crippen LogP contribution in [-0.2, 0) is 4.74 Å². The van der Waals surface area contributed by atoms with Gasteiger partial charge in [-0.05, 0) is 25.7 Å². The maximum absolute atomic E-state index is 8.92. The van der Waals surface area contributed by atoms with Crippen LogP contribution in [-0.4, -0.2) is 22.4 Å². The zero-order valence-electron chi connectivity index (χ0n) is 7.85. The van der Waals surface area contributed by atoms with Gasteiger partial charge in [-0.3, -0.25) is 0 Å². The molecule has 2 N–H and O–H groups in total. The third kappa shape index (κ3) is 7.56. The van der Waals surface area contributed by atoms with E-state index in [1.165, 1.54) is 12.5 Å². The topological polar surface area (TPSA) is 49.7 Å². The third-order valence-electron chi connectivity index (χ3n) is 1.86. The van der Waals surface area contributed by atoms with Crippen LogP contribution in [0.5, 0.6) is 0 Å². The van der Waals surface area contributed by atoms with Crippen molar-refractivity contribution in [2.24, 2.45) is 0 Å². The minimum Gasteiger partial charge on any atom is -0.474 e. The summed E-state index contributed by atoms with van der Waals surface area (Å²) in [5, 5.41) is 17.8. The maximum Gasteiger partial charge on any atom is 0.0829 e. The lowest BCUT2D eigenvalue weighted by atomic mass is 9.95. The molecule has 0 spiro atoms. The van der Waals surface area contributed by atoms with Gasteiger partial charge in [-0.1, -0.05) is 13.2 Å². The van der Waals surface area contributed by atoms with Gasteiger partial charge in [-0.2, -0.15) is 0 Å². The molecule has 1 aliphatic carbocycles. The first-order chi connectivity index (χ1) is 6.20. The second-order valence-corrected chi connectivity index (χ2v) is 2.93. The molecule has 0 unspecified atom stereocenters. The summed E-state index contributed by atoms with van der Waals surface area (Å²) in [6, 6.07) is 0. The molecule has 0 amide bonds. The van der Waals surface area contributed by atoms with E-state index in [4.69, 9.17) is 10.2 Å². The van der Waals surface area contributed by atoms with Crippen molar-refractivity contribution in [2.45, 2.75) is 37.9 Å². The number of rotatable bonds is 2. The largest absolute Gasteiger partial charge is 0.474 e. The maximum atomic E-state index is 8.92. The van der Waals surface area contributed by atoms with Gasteiger partial charge in [0.2, 0.25) is 0 Å². The minimum atomic E-state index is -0.140. The van der Waals surface area contributed by atoms with E-state index >= 15 is 0 Å². The molecule has 3 heteroatoms. The van der Waals surface area contributed by atoms with Crippen molar-refractivity contribution in [1.29, 1.82) is 0 Å². The normalized spacial score (nSPS) is 26.6. The summed E-state index contributed by atoms with van der Waals surface area (Å²) in [6.07, 6.45) is 5.46. The standard InChI is InChI=1S/C6H12O2.C4H6O/c7-5-1-2-6(8)4-3-5;1-3-5-4-2/h5-8H,1-4H2;3-4H,1-2H2. The van der Waals surface area contributed by atoms with Gasteiger partial charge >= 0.3 is 0 Å². The van der Waals surface area contributed by atoms with Gasteiger partial charge in [0.25, 0.3) is 0 Å². The number of hydrogen-bond acceptors (Lipinski definition) is 3. The Morgan fingerprint density at radius 1 is 0.923 bits per heavy atom. The Hall–Kier alpha value is -0.800. The zero-order valence-corrected chi connectivity index (χ0v) is 7.85. The molecule has 0 atom stereocenters. The van der Waals surface area contributed by atoms with Gasteiger partial charge in [0, 0.05) is 0 Å². The molecule has 76 valence electrons. The zero-order chi connectivity index (χ0) is 10.1. The minimum absolute atomic E-state index is 0.140. The van der Waals surface area contributed by atoms with E-state index in [2.05, 4.69) is 17.9 Å². The van der Waals surface area contributed by atoms with Crippen LogP contribution in [0.1, 0.15) is 25.7 Å². The van der Waals surface area contributed by atoms with Crippen LogP contribution < -0.4 is 0 Å². The summed E-state index contributed by atoms with van der Waals surface area (Å²) < 4.78 is 4.36. The lowest BCUT2D eigenvalue weighted by Crippen LogP contribution is -2.21. The van der Waals surface area contributed by atoms with Crippen LogP contribution in [0.4, 0.5) is 0 Å². The first-order valence-electron chi connectivity index (χ1n) is 4.44. The molecule has 0 radical (unpaired) electrons.